The van der Waals surface area contributed by atoms with Gasteiger partial charge in [0.2, 0.25) is 0 Å². The van der Waals surface area contributed by atoms with Crippen molar-refractivity contribution in [2.45, 2.75) is 58.0 Å². The van der Waals surface area contributed by atoms with Crippen LogP contribution in [0, 0.1) is 0 Å². The number of carbonyl (C=O) groups is 1. The van der Waals surface area contributed by atoms with Gasteiger partial charge in [-0.1, -0.05) is 6.92 Å². The zero-order chi connectivity index (χ0) is 16.9. The van der Waals surface area contributed by atoms with E-state index in [4.69, 9.17) is 0 Å². The van der Waals surface area contributed by atoms with Crippen LogP contribution in [-0.2, 0) is 9.84 Å². The third kappa shape index (κ3) is 5.64. The van der Waals surface area contributed by atoms with Crippen molar-refractivity contribution in [2.75, 3.05) is 37.7 Å². The number of nitrogens with one attached hydrogen (secondary N) is 1. The topological polar surface area (TPSA) is 69.7 Å². The molecule has 0 bridgehead atoms. The monoisotopic (exact) mass is 345 g/mol. The second-order valence-electron chi connectivity index (χ2n) is 6.86. The largest absolute Gasteiger partial charge is 0.335 e. The zero-order valence-electron chi connectivity index (χ0n) is 14.5. The molecule has 0 spiro atoms. The van der Waals surface area contributed by atoms with Crippen LogP contribution < -0.4 is 5.32 Å². The summed E-state index contributed by atoms with van der Waals surface area (Å²) in [5, 5.41) is 2.85. The van der Waals surface area contributed by atoms with Gasteiger partial charge in [0, 0.05) is 30.9 Å². The number of hydrogen-bond acceptors (Lipinski definition) is 4. The second kappa shape index (κ2) is 8.33. The SMILES string of the molecule is CCS(=O)(=O)C[C@H](C)NC(=O)N1CCC[C@H](N2CCCC2)CC1. The van der Waals surface area contributed by atoms with E-state index in [9.17, 15) is 13.2 Å². The van der Waals surface area contributed by atoms with E-state index < -0.39 is 9.84 Å². The van der Waals surface area contributed by atoms with Crippen LogP contribution in [0.5, 0.6) is 0 Å². The van der Waals surface area contributed by atoms with E-state index in [1.807, 2.05) is 4.90 Å². The number of urea groups is 1. The highest BCUT2D eigenvalue weighted by Gasteiger charge is 2.27. The summed E-state index contributed by atoms with van der Waals surface area (Å²) in [7, 11) is -3.06. The molecule has 6 nitrogen and oxygen atoms in total. The molecule has 2 rings (SSSR count). The van der Waals surface area contributed by atoms with Crippen molar-refractivity contribution < 1.29 is 13.2 Å². The van der Waals surface area contributed by atoms with Crippen molar-refractivity contribution in [3.8, 4) is 0 Å². The number of hydrogen-bond donors (Lipinski definition) is 1. The fourth-order valence-electron chi connectivity index (χ4n) is 3.60. The Labute approximate surface area is 140 Å². The van der Waals surface area contributed by atoms with Crippen LogP contribution in [0.1, 0.15) is 46.0 Å². The van der Waals surface area contributed by atoms with E-state index >= 15 is 0 Å². The molecule has 0 radical (unpaired) electrons. The van der Waals surface area contributed by atoms with Gasteiger partial charge < -0.3 is 15.1 Å². The predicted octanol–water partition coefficient (Wildman–Crippen LogP) is 1.47. The van der Waals surface area contributed by atoms with Crippen molar-refractivity contribution >= 4 is 15.9 Å². The molecular formula is C16H31N3O3S. The summed E-state index contributed by atoms with van der Waals surface area (Å²) in [5.74, 6) is 0.133. The van der Waals surface area contributed by atoms with Gasteiger partial charge in [-0.15, -0.1) is 0 Å². The summed E-state index contributed by atoms with van der Waals surface area (Å²) >= 11 is 0. The molecule has 2 heterocycles. The third-order valence-corrected chi connectivity index (χ3v) is 6.84. The van der Waals surface area contributed by atoms with Crippen molar-refractivity contribution in [2.24, 2.45) is 0 Å². The Hall–Kier alpha value is -0.820. The Balaban J connectivity index is 1.80. The molecule has 2 saturated heterocycles. The lowest BCUT2D eigenvalue weighted by Gasteiger charge is -2.27. The molecule has 2 amide bonds. The van der Waals surface area contributed by atoms with Crippen LogP contribution in [0.15, 0.2) is 0 Å². The van der Waals surface area contributed by atoms with Crippen molar-refractivity contribution in [1.82, 2.24) is 15.1 Å². The minimum atomic E-state index is -3.06. The van der Waals surface area contributed by atoms with E-state index in [0.29, 0.717) is 6.04 Å². The average molecular weight is 346 g/mol. The summed E-state index contributed by atoms with van der Waals surface area (Å²) in [6.07, 6.45) is 5.79. The Kier molecular flexibility index (Phi) is 6.71. The molecule has 0 aliphatic carbocycles. The van der Waals surface area contributed by atoms with Crippen LogP contribution in [0.3, 0.4) is 0 Å². The Morgan fingerprint density at radius 3 is 2.48 bits per heavy atom. The van der Waals surface area contributed by atoms with Gasteiger partial charge in [-0.2, -0.15) is 0 Å². The van der Waals surface area contributed by atoms with E-state index in [1.165, 1.54) is 25.9 Å². The lowest BCUT2D eigenvalue weighted by Crippen LogP contribution is -2.46. The number of likely N-dealkylation sites (tertiary alicyclic amines) is 2. The van der Waals surface area contributed by atoms with Gasteiger partial charge in [0.15, 0.2) is 9.84 Å². The molecule has 1 N–H and O–H groups in total. The first-order valence-corrected chi connectivity index (χ1v) is 10.7. The fourth-order valence-corrected chi connectivity index (χ4v) is 4.68. The number of nitrogens with zero attached hydrogens (tertiary/aromatic N) is 2. The molecule has 0 unspecified atom stereocenters. The molecule has 0 aromatic rings. The standard InChI is InChI=1S/C16H31N3O3S/c1-3-23(21,22)13-14(2)17-16(20)19-11-6-7-15(8-12-19)18-9-4-5-10-18/h14-15H,3-13H2,1-2H3,(H,17,20)/t14-,15-/m0/s1. The molecule has 2 fully saturated rings. The van der Waals surface area contributed by atoms with E-state index in [-0.39, 0.29) is 23.6 Å². The smallest absolute Gasteiger partial charge is 0.317 e. The lowest BCUT2D eigenvalue weighted by atomic mass is 10.1. The van der Waals surface area contributed by atoms with E-state index in [1.54, 1.807) is 13.8 Å². The Morgan fingerprint density at radius 1 is 1.13 bits per heavy atom. The number of amides is 2. The highest BCUT2D eigenvalue weighted by molar-refractivity contribution is 7.91. The molecule has 2 aliphatic heterocycles. The quantitative estimate of drug-likeness (QED) is 0.819. The fraction of sp³-hybridized carbons (Fsp3) is 0.938. The maximum atomic E-state index is 12.4. The number of sulfone groups is 1. The van der Waals surface area contributed by atoms with Gasteiger partial charge in [0.25, 0.3) is 0 Å². The second-order valence-corrected chi connectivity index (χ2v) is 9.26. The molecule has 134 valence electrons. The van der Waals surface area contributed by atoms with E-state index in [0.717, 1.165) is 32.4 Å². The highest BCUT2D eigenvalue weighted by atomic mass is 32.2. The maximum Gasteiger partial charge on any atom is 0.317 e. The molecule has 2 aliphatic rings. The van der Waals surface area contributed by atoms with Crippen molar-refractivity contribution in [3.63, 3.8) is 0 Å². The summed E-state index contributed by atoms with van der Waals surface area (Å²) < 4.78 is 23.3. The van der Waals surface area contributed by atoms with Crippen LogP contribution in [-0.4, -0.2) is 74.0 Å². The van der Waals surface area contributed by atoms with Crippen LogP contribution >= 0.6 is 0 Å². The van der Waals surface area contributed by atoms with E-state index in [2.05, 4.69) is 10.2 Å². The van der Waals surface area contributed by atoms with Gasteiger partial charge in [-0.25, -0.2) is 13.2 Å². The Morgan fingerprint density at radius 2 is 1.83 bits per heavy atom. The van der Waals surface area contributed by atoms with Crippen LogP contribution in [0.4, 0.5) is 4.79 Å². The molecule has 7 heteroatoms. The van der Waals surface area contributed by atoms with Crippen molar-refractivity contribution in [1.29, 1.82) is 0 Å². The Bertz CT molecular complexity index is 489. The van der Waals surface area contributed by atoms with Crippen LogP contribution in [0.25, 0.3) is 0 Å². The summed E-state index contributed by atoms with van der Waals surface area (Å²) in [5.41, 5.74) is 0. The van der Waals surface area contributed by atoms with Crippen LogP contribution in [0.2, 0.25) is 0 Å². The molecule has 0 aromatic heterocycles. The zero-order valence-corrected chi connectivity index (χ0v) is 15.3. The number of carbonyl (C=O) groups excluding carboxylic acids is 1. The first-order chi connectivity index (χ1) is 10.9. The summed E-state index contributed by atoms with van der Waals surface area (Å²) in [6.45, 7) is 7.32. The highest BCUT2D eigenvalue weighted by Crippen LogP contribution is 2.21. The normalized spacial score (nSPS) is 25.1. The summed E-state index contributed by atoms with van der Waals surface area (Å²) in [4.78, 5) is 16.8. The first-order valence-electron chi connectivity index (χ1n) is 8.91. The summed E-state index contributed by atoms with van der Waals surface area (Å²) in [6, 6.07) is 0.143. The predicted molar refractivity (Wildman–Crippen MR) is 92.3 cm³/mol. The van der Waals surface area contributed by atoms with Gasteiger partial charge in [0.1, 0.15) is 0 Å². The van der Waals surface area contributed by atoms with Gasteiger partial charge >= 0.3 is 6.03 Å². The molecule has 0 aromatic carbocycles. The van der Waals surface area contributed by atoms with Gasteiger partial charge in [0.05, 0.1) is 5.75 Å². The molecule has 2 atom stereocenters. The van der Waals surface area contributed by atoms with Gasteiger partial charge in [-0.3, -0.25) is 0 Å². The minimum Gasteiger partial charge on any atom is -0.335 e. The molecule has 0 saturated carbocycles. The molecule has 23 heavy (non-hydrogen) atoms. The maximum absolute atomic E-state index is 12.4. The minimum absolute atomic E-state index is 0.0134. The van der Waals surface area contributed by atoms with Gasteiger partial charge in [-0.05, 0) is 52.1 Å². The third-order valence-electron chi connectivity index (χ3n) is 4.96. The average Bonchev–Trinajstić information content (AvgIpc) is 2.91. The number of rotatable bonds is 5. The molecular weight excluding hydrogens is 314 g/mol. The lowest BCUT2D eigenvalue weighted by molar-refractivity contribution is 0.191. The first kappa shape index (κ1) is 18.5. The van der Waals surface area contributed by atoms with Crippen molar-refractivity contribution in [3.05, 3.63) is 0 Å².